The number of hydrogen-bond acceptors (Lipinski definition) is 2. The molecule has 60 valence electrons. The number of nitrogens with two attached hydrogens (primary N) is 1. The molecule has 0 atom stereocenters. The largest absolute Gasteiger partial charge is 0.330 e. The highest BCUT2D eigenvalue weighted by atomic mass is 32.1. The summed E-state index contributed by atoms with van der Waals surface area (Å²) < 4.78 is 0. The minimum Gasteiger partial charge on any atom is -0.330 e. The van der Waals surface area contributed by atoms with E-state index in [1.165, 1.54) is 16.0 Å². The Hall–Kier alpha value is -0.600. The lowest BCUT2D eigenvalue weighted by molar-refractivity contribution is 1.03. The SMILES string of the molecule is C=C(CCN)c1sccc1C. The molecule has 1 aromatic rings. The Balaban J connectivity index is 2.76. The fourth-order valence-electron chi connectivity index (χ4n) is 1.02. The molecule has 0 aromatic carbocycles. The van der Waals surface area contributed by atoms with Crippen molar-refractivity contribution < 1.29 is 0 Å². The molecule has 0 radical (unpaired) electrons. The zero-order valence-corrected chi connectivity index (χ0v) is 7.58. The Morgan fingerprint density at radius 3 is 2.91 bits per heavy atom. The Kier molecular flexibility index (Phi) is 2.85. The quantitative estimate of drug-likeness (QED) is 0.735. The zero-order chi connectivity index (χ0) is 8.27. The van der Waals surface area contributed by atoms with Crippen LogP contribution in [0.3, 0.4) is 0 Å². The van der Waals surface area contributed by atoms with Gasteiger partial charge in [-0.3, -0.25) is 0 Å². The summed E-state index contributed by atoms with van der Waals surface area (Å²) in [5.74, 6) is 0. The molecule has 1 rings (SSSR count). The van der Waals surface area contributed by atoms with Crippen LogP contribution in [-0.2, 0) is 0 Å². The maximum Gasteiger partial charge on any atom is 0.0326 e. The van der Waals surface area contributed by atoms with Gasteiger partial charge >= 0.3 is 0 Å². The molecule has 0 aliphatic heterocycles. The predicted molar refractivity (Wildman–Crippen MR) is 51.8 cm³/mol. The van der Waals surface area contributed by atoms with E-state index in [-0.39, 0.29) is 0 Å². The molecule has 1 nitrogen and oxygen atoms in total. The molecular formula is C9H13NS. The minimum absolute atomic E-state index is 0.691. The molecule has 0 aliphatic rings. The molecule has 0 fully saturated rings. The fourth-order valence-corrected chi connectivity index (χ4v) is 1.95. The van der Waals surface area contributed by atoms with Crippen molar-refractivity contribution in [3.8, 4) is 0 Å². The average Bonchev–Trinajstić information content (AvgIpc) is 2.36. The maximum atomic E-state index is 5.43. The van der Waals surface area contributed by atoms with Gasteiger partial charge < -0.3 is 5.73 Å². The summed E-state index contributed by atoms with van der Waals surface area (Å²) in [4.78, 5) is 1.30. The molecule has 1 aromatic heterocycles. The summed E-state index contributed by atoms with van der Waals surface area (Å²) in [7, 11) is 0. The van der Waals surface area contributed by atoms with Crippen LogP contribution in [0, 0.1) is 6.92 Å². The lowest BCUT2D eigenvalue weighted by Gasteiger charge is -2.01. The maximum absolute atomic E-state index is 5.43. The Morgan fingerprint density at radius 2 is 2.45 bits per heavy atom. The Labute approximate surface area is 71.5 Å². The normalized spacial score (nSPS) is 10.0. The van der Waals surface area contributed by atoms with E-state index >= 15 is 0 Å². The highest BCUT2D eigenvalue weighted by Gasteiger charge is 2.02. The molecule has 2 heteroatoms. The lowest BCUT2D eigenvalue weighted by Crippen LogP contribution is -1.98. The van der Waals surface area contributed by atoms with Crippen molar-refractivity contribution in [3.63, 3.8) is 0 Å². The first kappa shape index (κ1) is 8.50. The van der Waals surface area contributed by atoms with E-state index in [0.717, 1.165) is 6.42 Å². The van der Waals surface area contributed by atoms with Gasteiger partial charge in [-0.15, -0.1) is 11.3 Å². The van der Waals surface area contributed by atoms with Crippen molar-refractivity contribution in [2.24, 2.45) is 5.73 Å². The molecule has 0 saturated carbocycles. The predicted octanol–water partition coefficient (Wildman–Crippen LogP) is 2.42. The monoisotopic (exact) mass is 167 g/mol. The van der Waals surface area contributed by atoms with Gasteiger partial charge in [-0.05, 0) is 42.5 Å². The molecule has 11 heavy (non-hydrogen) atoms. The van der Waals surface area contributed by atoms with E-state index in [1.54, 1.807) is 11.3 Å². The van der Waals surface area contributed by atoms with E-state index in [1.807, 2.05) is 0 Å². The average molecular weight is 167 g/mol. The Bertz CT molecular complexity index is 250. The smallest absolute Gasteiger partial charge is 0.0326 e. The van der Waals surface area contributed by atoms with Crippen LogP contribution >= 0.6 is 11.3 Å². The number of thiophene rings is 1. The number of hydrogen-bond donors (Lipinski definition) is 1. The van der Waals surface area contributed by atoms with Crippen LogP contribution in [0.15, 0.2) is 18.0 Å². The third-order valence-electron chi connectivity index (χ3n) is 1.63. The highest BCUT2D eigenvalue weighted by Crippen LogP contribution is 2.24. The fraction of sp³-hybridized carbons (Fsp3) is 0.333. The minimum atomic E-state index is 0.691. The summed E-state index contributed by atoms with van der Waals surface area (Å²) in [6.45, 7) is 6.77. The lowest BCUT2D eigenvalue weighted by atomic mass is 10.1. The first-order chi connectivity index (χ1) is 5.25. The number of rotatable bonds is 3. The Morgan fingerprint density at radius 1 is 1.73 bits per heavy atom. The van der Waals surface area contributed by atoms with E-state index < -0.39 is 0 Å². The van der Waals surface area contributed by atoms with Crippen LogP contribution in [0.1, 0.15) is 16.9 Å². The molecular weight excluding hydrogens is 154 g/mol. The second-order valence-electron chi connectivity index (χ2n) is 2.57. The molecule has 0 aliphatic carbocycles. The van der Waals surface area contributed by atoms with Gasteiger partial charge in [0.15, 0.2) is 0 Å². The summed E-state index contributed by atoms with van der Waals surface area (Å²) in [6, 6.07) is 2.11. The van der Waals surface area contributed by atoms with Gasteiger partial charge in [0.1, 0.15) is 0 Å². The summed E-state index contributed by atoms with van der Waals surface area (Å²) in [5, 5.41) is 2.09. The van der Waals surface area contributed by atoms with Gasteiger partial charge in [0.2, 0.25) is 0 Å². The molecule has 1 heterocycles. The van der Waals surface area contributed by atoms with Crippen molar-refractivity contribution in [2.75, 3.05) is 6.54 Å². The van der Waals surface area contributed by atoms with Crippen molar-refractivity contribution in [3.05, 3.63) is 28.5 Å². The second-order valence-corrected chi connectivity index (χ2v) is 3.49. The van der Waals surface area contributed by atoms with Gasteiger partial charge in [0, 0.05) is 4.88 Å². The first-order valence-electron chi connectivity index (χ1n) is 3.68. The third kappa shape index (κ3) is 1.91. The van der Waals surface area contributed by atoms with Crippen LogP contribution in [0.25, 0.3) is 5.57 Å². The molecule has 0 amide bonds. The van der Waals surface area contributed by atoms with Crippen LogP contribution < -0.4 is 5.73 Å². The highest BCUT2D eigenvalue weighted by molar-refractivity contribution is 7.11. The third-order valence-corrected chi connectivity index (χ3v) is 2.75. The topological polar surface area (TPSA) is 26.0 Å². The van der Waals surface area contributed by atoms with Gasteiger partial charge in [0.05, 0.1) is 0 Å². The molecule has 0 spiro atoms. The van der Waals surface area contributed by atoms with Gasteiger partial charge in [-0.1, -0.05) is 6.58 Å². The van der Waals surface area contributed by atoms with Gasteiger partial charge in [0.25, 0.3) is 0 Å². The van der Waals surface area contributed by atoms with Crippen LogP contribution in [0.2, 0.25) is 0 Å². The summed E-state index contributed by atoms with van der Waals surface area (Å²) in [5.41, 5.74) is 7.91. The molecule has 0 saturated heterocycles. The van der Waals surface area contributed by atoms with Gasteiger partial charge in [-0.25, -0.2) is 0 Å². The first-order valence-corrected chi connectivity index (χ1v) is 4.56. The summed E-state index contributed by atoms with van der Waals surface area (Å²) >= 11 is 1.74. The van der Waals surface area contributed by atoms with Gasteiger partial charge in [-0.2, -0.15) is 0 Å². The van der Waals surface area contributed by atoms with E-state index in [2.05, 4.69) is 24.9 Å². The van der Waals surface area contributed by atoms with Crippen LogP contribution in [0.5, 0.6) is 0 Å². The standard InChI is InChI=1S/C9H13NS/c1-7(3-5-10)9-8(2)4-6-11-9/h4,6H,1,3,5,10H2,2H3. The van der Waals surface area contributed by atoms with E-state index in [4.69, 9.17) is 5.73 Å². The molecule has 2 N–H and O–H groups in total. The van der Waals surface area contributed by atoms with Crippen molar-refractivity contribution >= 4 is 16.9 Å². The zero-order valence-electron chi connectivity index (χ0n) is 6.76. The van der Waals surface area contributed by atoms with Crippen molar-refractivity contribution in [2.45, 2.75) is 13.3 Å². The summed E-state index contributed by atoms with van der Waals surface area (Å²) in [6.07, 6.45) is 0.904. The van der Waals surface area contributed by atoms with E-state index in [9.17, 15) is 0 Å². The van der Waals surface area contributed by atoms with Crippen molar-refractivity contribution in [1.82, 2.24) is 0 Å². The molecule has 0 bridgehead atoms. The second kappa shape index (κ2) is 3.69. The van der Waals surface area contributed by atoms with E-state index in [0.29, 0.717) is 6.54 Å². The van der Waals surface area contributed by atoms with Crippen molar-refractivity contribution in [1.29, 1.82) is 0 Å². The number of aryl methyl sites for hydroxylation is 1. The van der Waals surface area contributed by atoms with Crippen LogP contribution in [-0.4, -0.2) is 6.54 Å². The molecule has 0 unspecified atom stereocenters. The van der Waals surface area contributed by atoms with Crippen LogP contribution in [0.4, 0.5) is 0 Å².